The first kappa shape index (κ1) is 8.54. The zero-order valence-electron chi connectivity index (χ0n) is 8.02. The first-order valence-electron chi connectivity index (χ1n) is 4.70. The van der Waals surface area contributed by atoms with Gasteiger partial charge in [-0.3, -0.25) is 0 Å². The molecule has 0 atom stereocenters. The van der Waals surface area contributed by atoms with Gasteiger partial charge in [0.2, 0.25) is 0 Å². The summed E-state index contributed by atoms with van der Waals surface area (Å²) in [4.78, 5) is 0. The predicted molar refractivity (Wildman–Crippen MR) is 52.7 cm³/mol. The number of benzene rings is 1. The number of halogens is 1. The van der Waals surface area contributed by atoms with Crippen LogP contribution in [0.25, 0.3) is 0 Å². The fourth-order valence-electron chi connectivity index (χ4n) is 1.72. The summed E-state index contributed by atoms with van der Waals surface area (Å²) in [5.74, 6) is 0.539. The lowest BCUT2D eigenvalue weighted by Gasteiger charge is -2.08. The zero-order valence-corrected chi connectivity index (χ0v) is 8.02. The summed E-state index contributed by atoms with van der Waals surface area (Å²) in [5, 5.41) is 2.87. The minimum atomic E-state index is -0.149. The van der Waals surface area contributed by atoms with E-state index < -0.39 is 0 Å². The van der Waals surface area contributed by atoms with Crippen molar-refractivity contribution in [3.05, 3.63) is 29.1 Å². The standard InChI is InChI=1S/C11H14FN/c1-7-5-10(12)11(13-2)6-9(7)8-3-4-8/h5-6,8,13H,3-4H2,1-2H3. The third-order valence-corrected chi connectivity index (χ3v) is 2.64. The molecule has 0 aliphatic heterocycles. The second-order valence-corrected chi connectivity index (χ2v) is 3.71. The van der Waals surface area contributed by atoms with Crippen LogP contribution in [-0.4, -0.2) is 7.05 Å². The maximum absolute atomic E-state index is 13.3. The molecule has 0 saturated heterocycles. The van der Waals surface area contributed by atoms with E-state index in [0.29, 0.717) is 11.6 Å². The van der Waals surface area contributed by atoms with Gasteiger partial charge in [-0.25, -0.2) is 4.39 Å². The van der Waals surface area contributed by atoms with Gasteiger partial charge in [0.05, 0.1) is 5.69 Å². The van der Waals surface area contributed by atoms with E-state index in [2.05, 4.69) is 5.32 Å². The quantitative estimate of drug-likeness (QED) is 0.735. The van der Waals surface area contributed by atoms with E-state index >= 15 is 0 Å². The molecule has 1 saturated carbocycles. The number of rotatable bonds is 2. The van der Waals surface area contributed by atoms with Gasteiger partial charge in [-0.05, 0) is 48.9 Å². The summed E-state index contributed by atoms with van der Waals surface area (Å²) in [6.45, 7) is 1.98. The largest absolute Gasteiger partial charge is 0.386 e. The minimum Gasteiger partial charge on any atom is -0.386 e. The molecule has 0 amide bonds. The van der Waals surface area contributed by atoms with E-state index in [9.17, 15) is 4.39 Å². The van der Waals surface area contributed by atoms with Gasteiger partial charge in [-0.1, -0.05) is 0 Å². The second-order valence-electron chi connectivity index (χ2n) is 3.71. The molecule has 1 aliphatic carbocycles. The highest BCUT2D eigenvalue weighted by Crippen LogP contribution is 2.42. The Kier molecular flexibility index (Phi) is 1.98. The molecular formula is C11H14FN. The number of hydrogen-bond donors (Lipinski definition) is 1. The van der Waals surface area contributed by atoms with Crippen LogP contribution in [-0.2, 0) is 0 Å². The Morgan fingerprint density at radius 2 is 2.08 bits per heavy atom. The number of anilines is 1. The summed E-state index contributed by atoms with van der Waals surface area (Å²) in [5.41, 5.74) is 3.01. The van der Waals surface area contributed by atoms with Gasteiger partial charge < -0.3 is 5.32 Å². The van der Waals surface area contributed by atoms with E-state index in [4.69, 9.17) is 0 Å². The van der Waals surface area contributed by atoms with E-state index in [1.807, 2.05) is 13.0 Å². The van der Waals surface area contributed by atoms with Crippen LogP contribution in [0.5, 0.6) is 0 Å². The average molecular weight is 179 g/mol. The zero-order chi connectivity index (χ0) is 9.42. The molecule has 1 aromatic carbocycles. The van der Waals surface area contributed by atoms with Gasteiger partial charge in [0, 0.05) is 7.05 Å². The van der Waals surface area contributed by atoms with E-state index in [-0.39, 0.29) is 5.82 Å². The molecule has 1 aliphatic rings. The van der Waals surface area contributed by atoms with Crippen LogP contribution < -0.4 is 5.32 Å². The molecule has 0 radical (unpaired) electrons. The molecule has 0 unspecified atom stereocenters. The lowest BCUT2D eigenvalue weighted by atomic mass is 10.0. The first-order chi connectivity index (χ1) is 6.22. The fourth-order valence-corrected chi connectivity index (χ4v) is 1.72. The Morgan fingerprint density at radius 3 is 2.62 bits per heavy atom. The molecule has 1 N–H and O–H groups in total. The molecule has 2 heteroatoms. The maximum Gasteiger partial charge on any atom is 0.146 e. The highest BCUT2D eigenvalue weighted by molar-refractivity contribution is 5.51. The number of aryl methyl sites for hydroxylation is 1. The van der Waals surface area contributed by atoms with Crippen molar-refractivity contribution in [2.75, 3.05) is 12.4 Å². The molecule has 70 valence electrons. The van der Waals surface area contributed by atoms with Crippen LogP contribution in [0.4, 0.5) is 10.1 Å². The van der Waals surface area contributed by atoms with Gasteiger partial charge in [-0.15, -0.1) is 0 Å². The van der Waals surface area contributed by atoms with Crippen molar-refractivity contribution in [1.29, 1.82) is 0 Å². The summed E-state index contributed by atoms with van der Waals surface area (Å²) >= 11 is 0. The van der Waals surface area contributed by atoms with Crippen molar-refractivity contribution in [1.82, 2.24) is 0 Å². The topological polar surface area (TPSA) is 12.0 Å². The Hall–Kier alpha value is -1.05. The Morgan fingerprint density at radius 1 is 1.38 bits per heavy atom. The van der Waals surface area contributed by atoms with Crippen LogP contribution in [0.1, 0.15) is 29.9 Å². The smallest absolute Gasteiger partial charge is 0.146 e. The molecule has 0 bridgehead atoms. The van der Waals surface area contributed by atoms with Gasteiger partial charge in [0.15, 0.2) is 0 Å². The van der Waals surface area contributed by atoms with Crippen LogP contribution in [0, 0.1) is 12.7 Å². The van der Waals surface area contributed by atoms with Crippen molar-refractivity contribution in [3.8, 4) is 0 Å². The summed E-state index contributed by atoms with van der Waals surface area (Å²) in [7, 11) is 1.75. The second kappa shape index (κ2) is 3.02. The minimum absolute atomic E-state index is 0.149. The number of nitrogens with one attached hydrogen (secondary N) is 1. The van der Waals surface area contributed by atoms with Crippen molar-refractivity contribution in [2.24, 2.45) is 0 Å². The third kappa shape index (κ3) is 1.53. The molecule has 1 nitrogen and oxygen atoms in total. The van der Waals surface area contributed by atoms with Crippen LogP contribution >= 0.6 is 0 Å². The monoisotopic (exact) mass is 179 g/mol. The Labute approximate surface area is 78.0 Å². The predicted octanol–water partition coefficient (Wildman–Crippen LogP) is 3.05. The number of hydrogen-bond acceptors (Lipinski definition) is 1. The third-order valence-electron chi connectivity index (χ3n) is 2.64. The van der Waals surface area contributed by atoms with E-state index in [0.717, 1.165) is 5.56 Å². The molecule has 0 spiro atoms. The van der Waals surface area contributed by atoms with Crippen molar-refractivity contribution >= 4 is 5.69 Å². The lowest BCUT2D eigenvalue weighted by Crippen LogP contribution is -1.96. The van der Waals surface area contributed by atoms with Crippen molar-refractivity contribution in [2.45, 2.75) is 25.7 Å². The Bertz CT molecular complexity index is 329. The lowest BCUT2D eigenvalue weighted by molar-refractivity contribution is 0.629. The van der Waals surface area contributed by atoms with E-state index in [1.165, 1.54) is 18.4 Å². The molecule has 13 heavy (non-hydrogen) atoms. The van der Waals surface area contributed by atoms with Crippen LogP contribution in [0.15, 0.2) is 12.1 Å². The first-order valence-corrected chi connectivity index (χ1v) is 4.70. The van der Waals surface area contributed by atoms with Crippen molar-refractivity contribution < 1.29 is 4.39 Å². The average Bonchev–Trinajstić information content (AvgIpc) is 2.88. The highest BCUT2D eigenvalue weighted by atomic mass is 19.1. The fraction of sp³-hybridized carbons (Fsp3) is 0.455. The molecule has 2 rings (SSSR count). The van der Waals surface area contributed by atoms with Crippen molar-refractivity contribution in [3.63, 3.8) is 0 Å². The van der Waals surface area contributed by atoms with Gasteiger partial charge in [0.1, 0.15) is 5.82 Å². The molecular weight excluding hydrogens is 165 g/mol. The molecule has 1 aromatic rings. The molecule has 0 aromatic heterocycles. The Balaban J connectivity index is 2.44. The SMILES string of the molecule is CNc1cc(C2CC2)c(C)cc1F. The summed E-state index contributed by atoms with van der Waals surface area (Å²) in [6.07, 6.45) is 2.52. The van der Waals surface area contributed by atoms with Crippen LogP contribution in [0.3, 0.4) is 0 Å². The normalized spacial score (nSPS) is 15.9. The maximum atomic E-state index is 13.3. The highest BCUT2D eigenvalue weighted by Gasteiger charge is 2.25. The molecule has 1 fully saturated rings. The summed E-state index contributed by atoms with van der Waals surface area (Å²) in [6, 6.07) is 3.57. The molecule has 0 heterocycles. The van der Waals surface area contributed by atoms with E-state index in [1.54, 1.807) is 13.1 Å². The van der Waals surface area contributed by atoms with Crippen LogP contribution in [0.2, 0.25) is 0 Å². The van der Waals surface area contributed by atoms with Gasteiger partial charge in [-0.2, -0.15) is 0 Å². The van der Waals surface area contributed by atoms with Gasteiger partial charge >= 0.3 is 0 Å². The van der Waals surface area contributed by atoms with Gasteiger partial charge in [0.25, 0.3) is 0 Å². The summed E-state index contributed by atoms with van der Waals surface area (Å²) < 4.78 is 13.3.